The molecule has 0 aromatic rings. The first-order valence-electron chi connectivity index (χ1n) is 26.8. The average Bonchev–Trinajstić information content (AvgIpc) is 3.38. The van der Waals surface area contributed by atoms with E-state index in [9.17, 15) is 65.8 Å². The fourth-order valence-electron chi connectivity index (χ4n) is 9.92. The number of aliphatic hydroxyl groups excluding tert-OH is 11. The van der Waals surface area contributed by atoms with E-state index < -0.39 is 172 Å². The molecule has 0 aromatic carbocycles. The summed E-state index contributed by atoms with van der Waals surface area (Å²) in [7, 11) is 1.38. The number of carbonyl (C=O) groups excluding carboxylic acids is 2. The summed E-state index contributed by atoms with van der Waals surface area (Å²) in [5, 5.41) is 122. The molecule has 438 valence electrons. The predicted molar refractivity (Wildman–Crippen MR) is 255 cm³/mol. The third-order valence-electron chi connectivity index (χ3n) is 14.9. The van der Waals surface area contributed by atoms with Crippen molar-refractivity contribution in [3.05, 3.63) is 0 Å². The number of hydrogen-bond acceptors (Lipinski definition) is 25. The van der Waals surface area contributed by atoms with E-state index in [1.165, 1.54) is 27.9 Å². The van der Waals surface area contributed by atoms with Crippen LogP contribution in [0, 0.1) is 5.92 Å². The number of hydrogen-bond donors (Lipinski definition) is 11. The van der Waals surface area contributed by atoms with Crippen molar-refractivity contribution in [3.63, 3.8) is 0 Å². The van der Waals surface area contributed by atoms with Crippen LogP contribution in [0.2, 0.25) is 0 Å². The standard InChI is InChI=1S/C50H88O25/c1-9-18-27(19-16-14-12-11-13-15-17-20-29(52)64-8)69-50-44(33(56)30(53)23(4)65-50)75-47-38(61)35(58)41(25(6)67-47)72-49-39(62)43(74-48-36(59)32(55)31(54)28(21-51)70-48)42(26(7)68-49)73-46-37(60)34(57)40(24(5)66-46)71-45(63)22(3)10-2/h22-28,30-44,46-51,53-62H,9-21H2,1-8H3/t22-,23+,24-,25-,26-,27-,28+,30-,31+,32-,33-,34-,35-,36+,37+,38+,39+,40-,41-,42-,43-,44+,46-,47-,48-,49-,50-/m0/s1. The molecule has 27 atom stereocenters. The van der Waals surface area contributed by atoms with Crippen LogP contribution in [0.3, 0.4) is 0 Å². The number of aliphatic hydroxyl groups is 11. The quantitative estimate of drug-likeness (QED) is 0.0353. The van der Waals surface area contributed by atoms with Gasteiger partial charge in [-0.15, -0.1) is 0 Å². The maximum absolute atomic E-state index is 12.6. The van der Waals surface area contributed by atoms with Gasteiger partial charge >= 0.3 is 11.9 Å². The molecule has 0 amide bonds. The molecule has 0 radical (unpaired) electrons. The van der Waals surface area contributed by atoms with Crippen molar-refractivity contribution in [1.82, 2.24) is 0 Å². The first-order chi connectivity index (χ1) is 35.6. The SMILES string of the molecule is CCC[C@@H](CCCCCCCCCC(=O)OC)O[C@@H]1O[C@H](C)[C@H](O)[C@H](O)[C@H]1O[C@@H]1O[C@@H](C)[C@H](O[C@@H]2O[C@@H](C)[C@H](O[C@@H]3O[C@@H](C)[C@H](OC(=O)[C@@H](C)CC)[C@@H](O)[C@H]3O)[C@@H](O[C@@H]3O[C@H](CO)[C@@H](O)[C@H](O)[C@H]3O)[C@H]2O)[C@@H](O)[C@H]1O. The lowest BCUT2D eigenvalue weighted by molar-refractivity contribution is -0.400. The smallest absolute Gasteiger partial charge is 0.309 e. The summed E-state index contributed by atoms with van der Waals surface area (Å²) in [6, 6.07) is 0. The minimum absolute atomic E-state index is 0.211. The van der Waals surface area contributed by atoms with Crippen molar-refractivity contribution >= 4 is 11.9 Å². The lowest BCUT2D eigenvalue weighted by Crippen LogP contribution is -2.67. The predicted octanol–water partition coefficient (Wildman–Crippen LogP) is -1.34. The highest BCUT2D eigenvalue weighted by Crippen LogP contribution is 2.37. The van der Waals surface area contributed by atoms with Crippen LogP contribution in [-0.2, 0) is 66.4 Å². The molecule has 0 aromatic heterocycles. The molecule has 5 rings (SSSR count). The second-order valence-corrected chi connectivity index (χ2v) is 20.7. The summed E-state index contributed by atoms with van der Waals surface area (Å²) in [5.41, 5.74) is 0. The van der Waals surface area contributed by atoms with E-state index in [4.69, 9.17) is 56.8 Å². The van der Waals surface area contributed by atoms with Gasteiger partial charge in [0.2, 0.25) is 0 Å². The lowest BCUT2D eigenvalue weighted by Gasteiger charge is -2.50. The second kappa shape index (κ2) is 30.1. The van der Waals surface area contributed by atoms with Gasteiger partial charge in [-0.25, -0.2) is 0 Å². The molecule has 5 heterocycles. The molecule has 5 aliphatic rings. The Balaban J connectivity index is 1.27. The van der Waals surface area contributed by atoms with Crippen LogP contribution in [-0.4, -0.2) is 241 Å². The van der Waals surface area contributed by atoms with Gasteiger partial charge in [-0.2, -0.15) is 0 Å². The van der Waals surface area contributed by atoms with Crippen molar-refractivity contribution in [2.24, 2.45) is 5.92 Å². The Bertz CT molecular complexity index is 1680. The number of methoxy groups -OCH3 is 1. The van der Waals surface area contributed by atoms with Crippen LogP contribution < -0.4 is 0 Å². The number of carbonyl (C=O) groups is 2. The highest BCUT2D eigenvalue weighted by atomic mass is 16.8. The fraction of sp³-hybridized carbons (Fsp3) is 0.960. The average molecular weight is 1090 g/mol. The van der Waals surface area contributed by atoms with E-state index in [0.29, 0.717) is 25.7 Å². The minimum atomic E-state index is -1.98. The number of unbranched alkanes of at least 4 members (excludes halogenated alkanes) is 6. The molecule has 75 heavy (non-hydrogen) atoms. The molecule has 0 saturated carbocycles. The van der Waals surface area contributed by atoms with Gasteiger partial charge in [0, 0.05) is 6.42 Å². The Kier molecular flexibility index (Phi) is 25.6. The summed E-state index contributed by atoms with van der Waals surface area (Å²) in [6.07, 6.45) is -30.2. The molecular weight excluding hydrogens is 1000 g/mol. The van der Waals surface area contributed by atoms with Gasteiger partial charge in [0.25, 0.3) is 0 Å². The third kappa shape index (κ3) is 16.4. The Labute approximate surface area is 438 Å². The fourth-order valence-corrected chi connectivity index (χ4v) is 9.92. The number of ether oxygens (including phenoxy) is 12. The minimum Gasteiger partial charge on any atom is -0.469 e. The molecule has 5 saturated heterocycles. The second-order valence-electron chi connectivity index (χ2n) is 20.7. The van der Waals surface area contributed by atoms with Crippen LogP contribution in [0.15, 0.2) is 0 Å². The highest BCUT2D eigenvalue weighted by Gasteiger charge is 2.57. The van der Waals surface area contributed by atoms with Crippen molar-refractivity contribution in [3.8, 4) is 0 Å². The molecule has 25 heteroatoms. The van der Waals surface area contributed by atoms with Crippen LogP contribution in [0.5, 0.6) is 0 Å². The monoisotopic (exact) mass is 1090 g/mol. The Hall–Kier alpha value is -1.90. The van der Waals surface area contributed by atoms with Gasteiger partial charge in [0.1, 0.15) is 91.6 Å². The largest absolute Gasteiger partial charge is 0.469 e. The van der Waals surface area contributed by atoms with Crippen LogP contribution in [0.25, 0.3) is 0 Å². The van der Waals surface area contributed by atoms with Gasteiger partial charge < -0.3 is 113 Å². The van der Waals surface area contributed by atoms with E-state index >= 15 is 0 Å². The zero-order chi connectivity index (χ0) is 55.4. The van der Waals surface area contributed by atoms with Crippen LogP contribution >= 0.6 is 0 Å². The number of rotatable bonds is 26. The normalized spacial score (nSPS) is 43.4. The molecule has 0 unspecified atom stereocenters. The maximum Gasteiger partial charge on any atom is 0.309 e. The van der Waals surface area contributed by atoms with Crippen LogP contribution in [0.1, 0.15) is 126 Å². The van der Waals surface area contributed by atoms with Gasteiger partial charge in [-0.1, -0.05) is 65.7 Å². The molecule has 5 aliphatic heterocycles. The molecule has 0 aliphatic carbocycles. The molecule has 0 spiro atoms. The molecule has 11 N–H and O–H groups in total. The van der Waals surface area contributed by atoms with Gasteiger partial charge in [0.05, 0.1) is 50.2 Å². The lowest BCUT2D eigenvalue weighted by atomic mass is 9.95. The van der Waals surface area contributed by atoms with Gasteiger partial charge in [-0.05, 0) is 53.4 Å². The van der Waals surface area contributed by atoms with Crippen molar-refractivity contribution in [2.45, 2.75) is 285 Å². The first kappa shape index (κ1) is 63.9. The Morgan fingerprint density at radius 2 is 0.947 bits per heavy atom. The maximum atomic E-state index is 12.6. The summed E-state index contributed by atoms with van der Waals surface area (Å²) >= 11 is 0. The summed E-state index contributed by atoms with van der Waals surface area (Å²) < 4.78 is 70.7. The summed E-state index contributed by atoms with van der Waals surface area (Å²) in [6.45, 7) is 10.5. The molecule has 0 bridgehead atoms. The Morgan fingerprint density at radius 3 is 1.53 bits per heavy atom. The van der Waals surface area contributed by atoms with E-state index in [0.717, 1.165) is 51.4 Å². The van der Waals surface area contributed by atoms with Gasteiger partial charge in [0.15, 0.2) is 37.6 Å². The molecule has 5 fully saturated rings. The molecular formula is C50H88O25. The van der Waals surface area contributed by atoms with Crippen molar-refractivity contribution in [2.75, 3.05) is 13.7 Å². The van der Waals surface area contributed by atoms with Crippen LogP contribution in [0.4, 0.5) is 0 Å². The third-order valence-corrected chi connectivity index (χ3v) is 14.9. The molecule has 25 nitrogen and oxygen atoms in total. The van der Waals surface area contributed by atoms with E-state index in [2.05, 4.69) is 0 Å². The highest BCUT2D eigenvalue weighted by molar-refractivity contribution is 5.72. The topological polar surface area (TPSA) is 367 Å². The Morgan fingerprint density at radius 1 is 0.480 bits per heavy atom. The number of esters is 2. The zero-order valence-electron chi connectivity index (χ0n) is 44.4. The van der Waals surface area contributed by atoms with Gasteiger partial charge in [-0.3, -0.25) is 9.59 Å². The van der Waals surface area contributed by atoms with E-state index in [1.54, 1.807) is 20.8 Å². The van der Waals surface area contributed by atoms with E-state index in [-0.39, 0.29) is 12.1 Å². The summed E-state index contributed by atoms with van der Waals surface area (Å²) in [4.78, 5) is 24.0. The van der Waals surface area contributed by atoms with E-state index in [1.807, 2.05) is 6.92 Å². The summed E-state index contributed by atoms with van der Waals surface area (Å²) in [5.74, 6) is -1.36. The zero-order valence-corrected chi connectivity index (χ0v) is 44.4. The first-order valence-corrected chi connectivity index (χ1v) is 26.8. The van der Waals surface area contributed by atoms with Crippen molar-refractivity contribution < 1.29 is 123 Å². The van der Waals surface area contributed by atoms with Crippen molar-refractivity contribution in [1.29, 1.82) is 0 Å².